The molecule has 1 aliphatic carbocycles. The average molecular weight is 264 g/mol. The molecule has 0 amide bonds. The van der Waals surface area contributed by atoms with Crippen LogP contribution in [0.15, 0.2) is 18.2 Å². The molecule has 0 unspecified atom stereocenters. The molecule has 0 spiro atoms. The molecule has 1 aromatic carbocycles. The fraction of sp³-hybridized carbons (Fsp3) is 0.571. The van der Waals surface area contributed by atoms with Gasteiger partial charge in [-0.05, 0) is 38.2 Å². The maximum absolute atomic E-state index is 10.9. The lowest BCUT2D eigenvalue weighted by atomic mass is 9.93. The van der Waals surface area contributed by atoms with Crippen molar-refractivity contribution >= 4 is 5.69 Å². The van der Waals surface area contributed by atoms with E-state index in [0.29, 0.717) is 18.2 Å². The van der Waals surface area contributed by atoms with Crippen LogP contribution < -0.4 is 5.32 Å². The summed E-state index contributed by atoms with van der Waals surface area (Å²) in [7, 11) is 0. The van der Waals surface area contributed by atoms with Gasteiger partial charge in [0.05, 0.1) is 11.0 Å². The zero-order valence-electron chi connectivity index (χ0n) is 11.1. The molecule has 1 aliphatic rings. The molecular formula is C14H20N2O3. The first-order valence-corrected chi connectivity index (χ1v) is 6.71. The minimum Gasteiger partial charge on any atom is -0.393 e. The van der Waals surface area contributed by atoms with Crippen LogP contribution in [-0.2, 0) is 6.54 Å². The van der Waals surface area contributed by atoms with E-state index in [1.807, 2.05) is 6.07 Å². The van der Waals surface area contributed by atoms with Crippen LogP contribution in [0, 0.1) is 17.0 Å². The van der Waals surface area contributed by atoms with Crippen molar-refractivity contribution < 1.29 is 10.0 Å². The van der Waals surface area contributed by atoms with Gasteiger partial charge in [-0.2, -0.15) is 0 Å². The zero-order valence-corrected chi connectivity index (χ0v) is 11.1. The SMILES string of the molecule is Cc1ccc(CNC2CCC(O)CC2)cc1[N+](=O)[O-]. The normalized spacial score (nSPS) is 23.3. The van der Waals surface area contributed by atoms with Gasteiger partial charge in [0.25, 0.3) is 5.69 Å². The van der Waals surface area contributed by atoms with Crippen molar-refractivity contribution in [1.29, 1.82) is 0 Å². The van der Waals surface area contributed by atoms with Gasteiger partial charge in [0.2, 0.25) is 0 Å². The Kier molecular flexibility index (Phi) is 4.50. The third-order valence-corrected chi connectivity index (χ3v) is 3.76. The predicted octanol–water partition coefficient (Wildman–Crippen LogP) is 2.30. The third kappa shape index (κ3) is 3.75. The van der Waals surface area contributed by atoms with Gasteiger partial charge in [0.1, 0.15) is 0 Å². The highest BCUT2D eigenvalue weighted by Gasteiger charge is 2.19. The molecule has 0 atom stereocenters. The Morgan fingerprint density at radius 3 is 2.68 bits per heavy atom. The van der Waals surface area contributed by atoms with E-state index in [1.165, 1.54) is 0 Å². The van der Waals surface area contributed by atoms with Crippen molar-refractivity contribution in [2.24, 2.45) is 0 Å². The van der Waals surface area contributed by atoms with Crippen molar-refractivity contribution in [3.8, 4) is 0 Å². The number of aliphatic hydroxyl groups excluding tert-OH is 1. The highest BCUT2D eigenvalue weighted by Crippen LogP contribution is 2.21. The molecule has 5 heteroatoms. The van der Waals surface area contributed by atoms with E-state index in [0.717, 1.165) is 31.2 Å². The van der Waals surface area contributed by atoms with Crippen molar-refractivity contribution in [2.45, 2.75) is 51.3 Å². The molecule has 0 saturated heterocycles. The van der Waals surface area contributed by atoms with Gasteiger partial charge in [-0.3, -0.25) is 10.1 Å². The van der Waals surface area contributed by atoms with E-state index < -0.39 is 0 Å². The first-order chi connectivity index (χ1) is 9.06. The lowest BCUT2D eigenvalue weighted by molar-refractivity contribution is -0.385. The Hall–Kier alpha value is -1.46. The van der Waals surface area contributed by atoms with Crippen LogP contribution in [-0.4, -0.2) is 22.2 Å². The summed E-state index contributed by atoms with van der Waals surface area (Å²) >= 11 is 0. The van der Waals surface area contributed by atoms with Crippen LogP contribution in [0.4, 0.5) is 5.69 Å². The first-order valence-electron chi connectivity index (χ1n) is 6.71. The minimum absolute atomic E-state index is 0.154. The van der Waals surface area contributed by atoms with Gasteiger partial charge in [-0.25, -0.2) is 0 Å². The summed E-state index contributed by atoms with van der Waals surface area (Å²) in [5.74, 6) is 0. The molecule has 104 valence electrons. The largest absolute Gasteiger partial charge is 0.393 e. The molecule has 0 heterocycles. The summed E-state index contributed by atoms with van der Waals surface area (Å²) in [5, 5.41) is 23.7. The predicted molar refractivity (Wildman–Crippen MR) is 72.9 cm³/mol. The van der Waals surface area contributed by atoms with E-state index in [9.17, 15) is 15.2 Å². The molecule has 0 aromatic heterocycles. The molecule has 0 aliphatic heterocycles. The summed E-state index contributed by atoms with van der Waals surface area (Å²) in [5.41, 5.74) is 1.80. The fourth-order valence-corrected chi connectivity index (χ4v) is 2.50. The number of rotatable bonds is 4. The number of nitrogens with one attached hydrogen (secondary N) is 1. The molecule has 5 nitrogen and oxygen atoms in total. The van der Waals surface area contributed by atoms with Crippen LogP contribution in [0.25, 0.3) is 0 Å². The van der Waals surface area contributed by atoms with E-state index in [2.05, 4.69) is 5.32 Å². The van der Waals surface area contributed by atoms with E-state index >= 15 is 0 Å². The van der Waals surface area contributed by atoms with Crippen LogP contribution in [0.5, 0.6) is 0 Å². The average Bonchev–Trinajstić information content (AvgIpc) is 2.39. The molecule has 1 fully saturated rings. The summed E-state index contributed by atoms with van der Waals surface area (Å²) < 4.78 is 0. The maximum atomic E-state index is 10.9. The number of hydrogen-bond donors (Lipinski definition) is 2. The molecule has 2 rings (SSSR count). The van der Waals surface area contributed by atoms with Crippen molar-refractivity contribution in [1.82, 2.24) is 5.32 Å². The van der Waals surface area contributed by atoms with Crippen LogP contribution in [0.3, 0.4) is 0 Å². The molecule has 19 heavy (non-hydrogen) atoms. The van der Waals surface area contributed by atoms with Gasteiger partial charge in [-0.15, -0.1) is 0 Å². The molecule has 1 aromatic rings. The minimum atomic E-state index is -0.338. The Balaban J connectivity index is 1.92. The lowest BCUT2D eigenvalue weighted by Crippen LogP contribution is -2.34. The monoisotopic (exact) mass is 264 g/mol. The topological polar surface area (TPSA) is 75.4 Å². The number of benzene rings is 1. The van der Waals surface area contributed by atoms with E-state index in [1.54, 1.807) is 19.1 Å². The molecule has 0 bridgehead atoms. The number of aliphatic hydroxyl groups is 1. The first kappa shape index (κ1) is 14.0. The highest BCUT2D eigenvalue weighted by molar-refractivity contribution is 5.42. The van der Waals surface area contributed by atoms with Crippen molar-refractivity contribution in [3.63, 3.8) is 0 Å². The van der Waals surface area contributed by atoms with Crippen LogP contribution >= 0.6 is 0 Å². The standard InChI is InChI=1S/C14H20N2O3/c1-10-2-3-11(8-14(10)16(18)19)9-15-12-4-6-13(17)7-5-12/h2-3,8,12-13,15,17H,4-7,9H2,1H3. The lowest BCUT2D eigenvalue weighted by Gasteiger charge is -2.26. The van der Waals surface area contributed by atoms with Gasteiger partial charge in [0, 0.05) is 24.2 Å². The number of aryl methyl sites for hydroxylation is 1. The Morgan fingerprint density at radius 2 is 2.05 bits per heavy atom. The van der Waals surface area contributed by atoms with Crippen molar-refractivity contribution in [2.75, 3.05) is 0 Å². The van der Waals surface area contributed by atoms with E-state index in [-0.39, 0.29) is 16.7 Å². The van der Waals surface area contributed by atoms with Gasteiger partial charge >= 0.3 is 0 Å². The number of nitro benzene ring substituents is 1. The van der Waals surface area contributed by atoms with Gasteiger partial charge < -0.3 is 10.4 Å². The number of nitrogens with zero attached hydrogens (tertiary/aromatic N) is 1. The van der Waals surface area contributed by atoms with Gasteiger partial charge in [0.15, 0.2) is 0 Å². The van der Waals surface area contributed by atoms with Crippen LogP contribution in [0.1, 0.15) is 36.8 Å². The highest BCUT2D eigenvalue weighted by atomic mass is 16.6. The van der Waals surface area contributed by atoms with Gasteiger partial charge in [-0.1, -0.05) is 12.1 Å². The zero-order chi connectivity index (χ0) is 13.8. The second-order valence-corrected chi connectivity index (χ2v) is 5.26. The fourth-order valence-electron chi connectivity index (χ4n) is 2.50. The van der Waals surface area contributed by atoms with E-state index in [4.69, 9.17) is 0 Å². The summed E-state index contributed by atoms with van der Waals surface area (Å²) in [6, 6.07) is 5.76. The maximum Gasteiger partial charge on any atom is 0.272 e. The van der Waals surface area contributed by atoms with Crippen molar-refractivity contribution in [3.05, 3.63) is 39.4 Å². The summed E-state index contributed by atoms with van der Waals surface area (Å²) in [6.45, 7) is 2.39. The Morgan fingerprint density at radius 1 is 1.37 bits per heavy atom. The second kappa shape index (κ2) is 6.12. The molecular weight excluding hydrogens is 244 g/mol. The summed E-state index contributed by atoms with van der Waals surface area (Å²) in [6.07, 6.45) is 3.46. The van der Waals surface area contributed by atoms with Crippen LogP contribution in [0.2, 0.25) is 0 Å². The molecule has 0 radical (unpaired) electrons. The number of hydrogen-bond acceptors (Lipinski definition) is 4. The summed E-state index contributed by atoms with van der Waals surface area (Å²) in [4.78, 5) is 10.5. The quantitative estimate of drug-likeness (QED) is 0.646. The Labute approximate surface area is 112 Å². The number of nitro groups is 1. The second-order valence-electron chi connectivity index (χ2n) is 5.26. The molecule has 1 saturated carbocycles. The smallest absolute Gasteiger partial charge is 0.272 e. The third-order valence-electron chi connectivity index (χ3n) is 3.76. The molecule has 2 N–H and O–H groups in total. The Bertz CT molecular complexity index is 454.